The molecule has 12 heteroatoms. The summed E-state index contributed by atoms with van der Waals surface area (Å²) in [6, 6.07) is 8.21. The molecule has 0 bridgehead atoms. The molecule has 168 valence electrons. The predicted octanol–water partition coefficient (Wildman–Crippen LogP) is 5.19. The Morgan fingerprint density at radius 1 is 0.688 bits per heavy atom. The van der Waals surface area contributed by atoms with Crippen molar-refractivity contribution in [3.8, 4) is 11.4 Å². The van der Waals surface area contributed by atoms with Gasteiger partial charge in [0.1, 0.15) is 25.3 Å². The third-order valence-corrected chi connectivity index (χ3v) is 4.28. The molecule has 4 rings (SSSR count). The number of nitrogens with zero attached hydrogens (tertiary/aromatic N) is 6. The van der Waals surface area contributed by atoms with Gasteiger partial charge in [-0.2, -0.15) is 31.4 Å². The molecular weight excluding hydrogens is 438 g/mol. The van der Waals surface area contributed by atoms with E-state index in [9.17, 15) is 26.3 Å². The smallest absolute Gasteiger partial charge is 0.288 e. The maximum Gasteiger partial charge on any atom is 0.418 e. The molecule has 0 unspecified atom stereocenters. The van der Waals surface area contributed by atoms with Gasteiger partial charge in [0.25, 0.3) is 0 Å². The molecule has 0 fully saturated rings. The average Bonchev–Trinajstić information content (AvgIpc) is 3.41. The van der Waals surface area contributed by atoms with Crippen LogP contribution in [-0.2, 0) is 12.4 Å². The second-order valence-electron chi connectivity index (χ2n) is 6.75. The van der Waals surface area contributed by atoms with E-state index in [0.29, 0.717) is 11.1 Å². The Balaban J connectivity index is 0.000000181. The lowest BCUT2D eigenvalue weighted by Crippen LogP contribution is -2.11. The van der Waals surface area contributed by atoms with Crippen molar-refractivity contribution in [3.05, 3.63) is 84.0 Å². The van der Waals surface area contributed by atoms with Gasteiger partial charge in [-0.1, -0.05) is 23.3 Å². The third kappa shape index (κ3) is 5.31. The van der Waals surface area contributed by atoms with Gasteiger partial charge in [-0.15, -0.1) is 10.2 Å². The summed E-state index contributed by atoms with van der Waals surface area (Å²) in [4.78, 5) is 3.63. The number of benzene rings is 2. The highest BCUT2D eigenvalue weighted by molar-refractivity contribution is 5.45. The first-order chi connectivity index (χ1) is 15.0. The molecule has 0 N–H and O–H groups in total. The van der Waals surface area contributed by atoms with Gasteiger partial charge in [0.05, 0.1) is 22.5 Å². The van der Waals surface area contributed by atoms with E-state index in [0.717, 1.165) is 16.8 Å². The quantitative estimate of drug-likeness (QED) is 0.391. The van der Waals surface area contributed by atoms with Crippen LogP contribution in [0.5, 0.6) is 0 Å². The monoisotopic (exact) mass is 454 g/mol. The van der Waals surface area contributed by atoms with Crippen LogP contribution in [0.2, 0.25) is 0 Å². The largest absolute Gasteiger partial charge is 0.418 e. The van der Waals surface area contributed by atoms with Gasteiger partial charge in [0.15, 0.2) is 0 Å². The fourth-order valence-corrected chi connectivity index (χ4v) is 2.84. The van der Waals surface area contributed by atoms with Gasteiger partial charge in [-0.3, -0.25) is 4.57 Å². The lowest BCUT2D eigenvalue weighted by molar-refractivity contribution is -0.138. The van der Waals surface area contributed by atoms with Crippen LogP contribution in [-0.4, -0.2) is 29.5 Å². The summed E-state index contributed by atoms with van der Waals surface area (Å²) in [6.45, 7) is 3.23. The number of hydrogen-bond acceptors (Lipinski definition) is 4. The molecular formula is C20H16F6N6. The zero-order chi connectivity index (χ0) is 23.5. The number of halogens is 6. The van der Waals surface area contributed by atoms with Crippen molar-refractivity contribution in [2.24, 2.45) is 0 Å². The molecule has 32 heavy (non-hydrogen) atoms. The van der Waals surface area contributed by atoms with Crippen LogP contribution >= 0.6 is 0 Å². The van der Waals surface area contributed by atoms with E-state index in [-0.39, 0.29) is 11.4 Å². The maximum atomic E-state index is 12.8. The average molecular weight is 454 g/mol. The SMILES string of the molecule is Cc1ccc(-n2cncn2)c(C(F)(F)F)c1.Cc1ccc(-n2cnnc2)c(C(F)(F)F)c1. The topological polar surface area (TPSA) is 61.4 Å². The highest BCUT2D eigenvalue weighted by Crippen LogP contribution is 2.35. The van der Waals surface area contributed by atoms with Crippen molar-refractivity contribution in [2.45, 2.75) is 26.2 Å². The number of aromatic nitrogens is 6. The van der Waals surface area contributed by atoms with Crippen molar-refractivity contribution in [1.82, 2.24) is 29.5 Å². The lowest BCUT2D eigenvalue weighted by atomic mass is 10.1. The second-order valence-corrected chi connectivity index (χ2v) is 6.75. The third-order valence-electron chi connectivity index (χ3n) is 4.28. The molecule has 0 spiro atoms. The molecule has 2 aromatic heterocycles. The van der Waals surface area contributed by atoms with Crippen LogP contribution in [0.3, 0.4) is 0 Å². The minimum atomic E-state index is -4.40. The van der Waals surface area contributed by atoms with E-state index >= 15 is 0 Å². The normalized spacial score (nSPS) is 11.8. The highest BCUT2D eigenvalue weighted by Gasteiger charge is 2.35. The fourth-order valence-electron chi connectivity index (χ4n) is 2.84. The molecule has 0 atom stereocenters. The first kappa shape index (κ1) is 23.0. The highest BCUT2D eigenvalue weighted by atomic mass is 19.4. The van der Waals surface area contributed by atoms with Gasteiger partial charge >= 0.3 is 12.4 Å². The first-order valence-electron chi connectivity index (χ1n) is 9.02. The van der Waals surface area contributed by atoms with Gasteiger partial charge in [-0.05, 0) is 38.1 Å². The van der Waals surface area contributed by atoms with Gasteiger partial charge < -0.3 is 0 Å². The van der Waals surface area contributed by atoms with Crippen LogP contribution in [0.1, 0.15) is 22.3 Å². The number of alkyl halides is 6. The van der Waals surface area contributed by atoms with E-state index in [1.165, 1.54) is 42.0 Å². The van der Waals surface area contributed by atoms with E-state index < -0.39 is 23.5 Å². The van der Waals surface area contributed by atoms with Crippen molar-refractivity contribution >= 4 is 0 Å². The van der Waals surface area contributed by atoms with Crippen molar-refractivity contribution < 1.29 is 26.3 Å². The zero-order valence-electron chi connectivity index (χ0n) is 16.7. The second kappa shape index (κ2) is 8.81. The fraction of sp³-hybridized carbons (Fsp3) is 0.200. The van der Waals surface area contributed by atoms with Gasteiger partial charge in [-0.25, -0.2) is 9.67 Å². The van der Waals surface area contributed by atoms with Crippen LogP contribution in [0, 0.1) is 13.8 Å². The number of aryl methyl sites for hydroxylation is 2. The van der Waals surface area contributed by atoms with Crippen LogP contribution in [0.4, 0.5) is 26.3 Å². The molecule has 0 aliphatic carbocycles. The molecule has 0 saturated heterocycles. The van der Waals surface area contributed by atoms with E-state index in [2.05, 4.69) is 20.3 Å². The number of hydrogen-bond donors (Lipinski definition) is 0. The molecule has 0 aliphatic rings. The summed E-state index contributed by atoms with van der Waals surface area (Å²) < 4.78 is 78.9. The molecule has 0 saturated carbocycles. The number of rotatable bonds is 2. The molecule has 0 radical (unpaired) electrons. The Hall–Kier alpha value is -3.70. The van der Waals surface area contributed by atoms with E-state index in [1.54, 1.807) is 26.0 Å². The molecule has 4 aromatic rings. The Kier molecular flexibility index (Phi) is 6.32. The summed E-state index contributed by atoms with van der Waals surface area (Å²) in [5.74, 6) is 0. The van der Waals surface area contributed by atoms with Gasteiger partial charge in [0, 0.05) is 0 Å². The Labute approximate surface area is 178 Å². The Morgan fingerprint density at radius 3 is 1.66 bits per heavy atom. The lowest BCUT2D eigenvalue weighted by Gasteiger charge is -2.13. The first-order valence-corrected chi connectivity index (χ1v) is 9.02. The van der Waals surface area contributed by atoms with Crippen molar-refractivity contribution in [1.29, 1.82) is 0 Å². The van der Waals surface area contributed by atoms with E-state index in [4.69, 9.17) is 0 Å². The maximum absolute atomic E-state index is 12.8. The standard InChI is InChI=1S/2C10H8F3N3/c1-7-2-3-9(16-5-14-15-6-16)8(4-7)10(11,12)13;1-7-2-3-9(16-6-14-5-15-16)8(4-7)10(11,12)13/h2*2-6H,1H3. The van der Waals surface area contributed by atoms with Gasteiger partial charge in [0.2, 0.25) is 0 Å². The minimum Gasteiger partial charge on any atom is -0.288 e. The molecule has 2 aromatic carbocycles. The molecule has 0 aliphatic heterocycles. The van der Waals surface area contributed by atoms with Crippen LogP contribution in [0.25, 0.3) is 11.4 Å². The zero-order valence-corrected chi connectivity index (χ0v) is 16.7. The molecule has 2 heterocycles. The van der Waals surface area contributed by atoms with E-state index in [1.807, 2.05) is 0 Å². The Morgan fingerprint density at radius 2 is 1.19 bits per heavy atom. The summed E-state index contributed by atoms with van der Waals surface area (Å²) in [5.41, 5.74) is -0.274. The molecule has 0 amide bonds. The van der Waals surface area contributed by atoms with Crippen LogP contribution < -0.4 is 0 Å². The summed E-state index contributed by atoms with van der Waals surface area (Å²) in [6.07, 6.45) is -3.88. The minimum absolute atomic E-state index is 0.0180. The summed E-state index contributed by atoms with van der Waals surface area (Å²) >= 11 is 0. The van der Waals surface area contributed by atoms with Crippen LogP contribution in [0.15, 0.2) is 61.7 Å². The predicted molar refractivity (Wildman–Crippen MR) is 102 cm³/mol. The van der Waals surface area contributed by atoms with Crippen molar-refractivity contribution in [2.75, 3.05) is 0 Å². The molecule has 6 nitrogen and oxygen atoms in total. The summed E-state index contributed by atoms with van der Waals surface area (Å²) in [5, 5.41) is 10.7. The van der Waals surface area contributed by atoms with Crippen molar-refractivity contribution in [3.63, 3.8) is 0 Å². The summed E-state index contributed by atoms with van der Waals surface area (Å²) in [7, 11) is 0. The Bertz CT molecular complexity index is 1070.